The van der Waals surface area contributed by atoms with Gasteiger partial charge in [0.15, 0.2) is 16.6 Å². The molecular weight excluding hydrogens is 552 g/mol. The molecule has 1 N–H and O–H groups in total. The van der Waals surface area contributed by atoms with E-state index >= 15 is 0 Å². The molecule has 9 heteroatoms. The van der Waals surface area contributed by atoms with E-state index in [0.717, 1.165) is 33.5 Å². The molecule has 1 aromatic heterocycles. The number of amides is 1. The van der Waals surface area contributed by atoms with E-state index in [0.29, 0.717) is 47.4 Å². The number of aromatic nitrogens is 1. The standard InChI is InChI=1S/C33H32N2O6S/c1-5-13-40-25-12-8-20(17-26(25)39-6-2)29-28(30(36)21-9-11-24-22(16-21)15-19(4)41-24)31(37)32(38)35(29)33-34-23-10-7-18(3)14-27(23)42-33/h7-12,14,16-17,19,29,36H,5-6,13,15H2,1-4H3/b30-28+/t19-,29-/m1/s1. The monoisotopic (exact) mass is 584 g/mol. The lowest BCUT2D eigenvalue weighted by atomic mass is 9.94. The summed E-state index contributed by atoms with van der Waals surface area (Å²) in [5.41, 5.74) is 3.77. The number of carbonyl (C=O) groups is 2. The normalized spacial score (nSPS) is 19.3. The number of hydrogen-bond donors (Lipinski definition) is 1. The van der Waals surface area contributed by atoms with Crippen LogP contribution in [0.15, 0.2) is 60.2 Å². The fourth-order valence-electron chi connectivity index (χ4n) is 5.49. The Kier molecular flexibility index (Phi) is 7.36. The predicted octanol–water partition coefficient (Wildman–Crippen LogP) is 6.74. The average Bonchev–Trinajstić information content (AvgIpc) is 3.63. The number of ether oxygens (including phenoxy) is 3. The van der Waals surface area contributed by atoms with Gasteiger partial charge in [-0.1, -0.05) is 30.4 Å². The summed E-state index contributed by atoms with van der Waals surface area (Å²) in [4.78, 5) is 33.6. The van der Waals surface area contributed by atoms with E-state index in [1.165, 1.54) is 16.2 Å². The van der Waals surface area contributed by atoms with Gasteiger partial charge in [0.25, 0.3) is 5.78 Å². The number of benzene rings is 3. The Hall–Kier alpha value is -4.37. The third kappa shape index (κ3) is 4.87. The third-order valence-corrected chi connectivity index (χ3v) is 8.42. The molecule has 1 amide bonds. The molecule has 6 rings (SSSR count). The molecule has 216 valence electrons. The number of carbonyl (C=O) groups excluding carboxylic acids is 2. The van der Waals surface area contributed by atoms with Crippen molar-refractivity contribution in [3.05, 3.63) is 82.4 Å². The van der Waals surface area contributed by atoms with E-state index in [9.17, 15) is 14.7 Å². The molecule has 0 aliphatic carbocycles. The quantitative estimate of drug-likeness (QED) is 0.139. The second-order valence-electron chi connectivity index (χ2n) is 10.6. The molecular formula is C33H32N2O6S. The summed E-state index contributed by atoms with van der Waals surface area (Å²) in [5.74, 6) is 0.0524. The van der Waals surface area contributed by atoms with Crippen LogP contribution in [0.5, 0.6) is 17.2 Å². The smallest absolute Gasteiger partial charge is 0.301 e. The molecule has 4 aromatic rings. The highest BCUT2D eigenvalue weighted by atomic mass is 32.1. The van der Waals surface area contributed by atoms with Gasteiger partial charge in [-0.3, -0.25) is 14.5 Å². The molecule has 8 nitrogen and oxygen atoms in total. The molecule has 2 aliphatic rings. The summed E-state index contributed by atoms with van der Waals surface area (Å²) in [5, 5.41) is 12.1. The fourth-order valence-corrected chi connectivity index (χ4v) is 6.58. The van der Waals surface area contributed by atoms with Crippen LogP contribution in [0, 0.1) is 6.92 Å². The molecule has 42 heavy (non-hydrogen) atoms. The highest BCUT2D eigenvalue weighted by Crippen LogP contribution is 2.46. The van der Waals surface area contributed by atoms with Gasteiger partial charge in [-0.25, -0.2) is 4.98 Å². The lowest BCUT2D eigenvalue weighted by Crippen LogP contribution is -2.29. The Morgan fingerprint density at radius 3 is 2.69 bits per heavy atom. The van der Waals surface area contributed by atoms with Crippen molar-refractivity contribution in [1.29, 1.82) is 0 Å². The zero-order valence-electron chi connectivity index (χ0n) is 24.0. The molecule has 0 spiro atoms. The number of rotatable bonds is 8. The molecule has 1 fully saturated rings. The van der Waals surface area contributed by atoms with Crippen LogP contribution in [-0.2, 0) is 16.0 Å². The molecule has 0 saturated carbocycles. The minimum absolute atomic E-state index is 0.00738. The molecule has 2 aliphatic heterocycles. The molecule has 3 heterocycles. The second kappa shape index (κ2) is 11.1. The number of ketones is 1. The van der Waals surface area contributed by atoms with Crippen molar-refractivity contribution in [1.82, 2.24) is 4.98 Å². The minimum Gasteiger partial charge on any atom is -0.507 e. The number of thiazole rings is 1. The van der Waals surface area contributed by atoms with E-state index in [1.54, 1.807) is 30.3 Å². The summed E-state index contributed by atoms with van der Waals surface area (Å²) in [7, 11) is 0. The van der Waals surface area contributed by atoms with Crippen molar-refractivity contribution in [3.8, 4) is 17.2 Å². The van der Waals surface area contributed by atoms with E-state index in [2.05, 4.69) is 0 Å². The lowest BCUT2D eigenvalue weighted by Gasteiger charge is -2.24. The van der Waals surface area contributed by atoms with E-state index in [-0.39, 0.29) is 17.4 Å². The summed E-state index contributed by atoms with van der Waals surface area (Å²) in [6.07, 6.45) is 1.54. The van der Waals surface area contributed by atoms with Gasteiger partial charge >= 0.3 is 5.91 Å². The predicted molar refractivity (Wildman–Crippen MR) is 163 cm³/mol. The third-order valence-electron chi connectivity index (χ3n) is 7.40. The van der Waals surface area contributed by atoms with E-state index in [4.69, 9.17) is 19.2 Å². The SMILES string of the molecule is CCCOc1ccc([C@@H]2/C(=C(\O)c3ccc4c(c3)C[C@@H](C)O4)C(=O)C(=O)N2c2nc3ccc(C)cc3s2)cc1OCC. The van der Waals surface area contributed by atoms with Gasteiger partial charge < -0.3 is 19.3 Å². The van der Waals surface area contributed by atoms with Crippen molar-refractivity contribution in [3.63, 3.8) is 0 Å². The van der Waals surface area contributed by atoms with Gasteiger partial charge in [-0.15, -0.1) is 0 Å². The number of anilines is 1. The Morgan fingerprint density at radius 2 is 1.90 bits per heavy atom. The van der Waals surface area contributed by atoms with Gasteiger partial charge in [-0.2, -0.15) is 0 Å². The Bertz CT molecular complexity index is 1740. The van der Waals surface area contributed by atoms with Crippen LogP contribution < -0.4 is 19.1 Å². The first-order valence-corrected chi connectivity index (χ1v) is 15.0. The van der Waals surface area contributed by atoms with Crippen LogP contribution in [0.2, 0.25) is 0 Å². The summed E-state index contributed by atoms with van der Waals surface area (Å²) >= 11 is 1.33. The Morgan fingerprint density at radius 1 is 1.07 bits per heavy atom. The first kappa shape index (κ1) is 27.8. The highest BCUT2D eigenvalue weighted by Gasteiger charge is 2.48. The Labute approximate surface area is 248 Å². The summed E-state index contributed by atoms with van der Waals surface area (Å²) < 4.78 is 18.5. The van der Waals surface area contributed by atoms with E-state index in [1.807, 2.05) is 52.0 Å². The zero-order valence-corrected chi connectivity index (χ0v) is 24.8. The van der Waals surface area contributed by atoms with E-state index < -0.39 is 17.7 Å². The molecule has 0 bridgehead atoms. The van der Waals surface area contributed by atoms with Gasteiger partial charge in [0.2, 0.25) is 0 Å². The minimum atomic E-state index is -0.936. The highest BCUT2D eigenvalue weighted by molar-refractivity contribution is 7.22. The molecule has 0 radical (unpaired) electrons. The van der Waals surface area contributed by atoms with Gasteiger partial charge in [0, 0.05) is 12.0 Å². The summed E-state index contributed by atoms with van der Waals surface area (Å²) in [6, 6.07) is 15.6. The zero-order chi connectivity index (χ0) is 29.5. The number of aryl methyl sites for hydroxylation is 1. The second-order valence-corrected chi connectivity index (χ2v) is 11.6. The van der Waals surface area contributed by atoms with Crippen molar-refractivity contribution >= 4 is 44.1 Å². The number of nitrogens with zero attached hydrogens (tertiary/aromatic N) is 2. The first-order chi connectivity index (χ1) is 20.3. The topological polar surface area (TPSA) is 98.2 Å². The molecule has 0 unspecified atom stereocenters. The van der Waals surface area contributed by atoms with Crippen molar-refractivity contribution in [2.75, 3.05) is 18.1 Å². The molecule has 2 atom stereocenters. The number of Topliss-reactive ketones (excluding diaryl/α,β-unsaturated/α-hetero) is 1. The molecule has 1 saturated heterocycles. The van der Waals surface area contributed by atoms with Crippen molar-refractivity contribution in [2.45, 2.75) is 52.7 Å². The molecule has 3 aromatic carbocycles. The van der Waals surface area contributed by atoms with Crippen molar-refractivity contribution in [2.24, 2.45) is 0 Å². The fraction of sp³-hybridized carbons (Fsp3) is 0.303. The van der Waals surface area contributed by atoms with Crippen LogP contribution in [0.4, 0.5) is 5.13 Å². The Balaban J connectivity index is 1.53. The number of aliphatic hydroxyl groups is 1. The first-order valence-electron chi connectivity index (χ1n) is 14.2. The van der Waals surface area contributed by atoms with Gasteiger partial charge in [0.1, 0.15) is 17.6 Å². The van der Waals surface area contributed by atoms with Crippen LogP contribution in [0.3, 0.4) is 0 Å². The maximum atomic E-state index is 13.8. The van der Waals surface area contributed by atoms with Crippen LogP contribution in [0.1, 0.15) is 55.5 Å². The maximum absolute atomic E-state index is 13.8. The van der Waals surface area contributed by atoms with Crippen LogP contribution in [-0.4, -0.2) is 41.1 Å². The van der Waals surface area contributed by atoms with Gasteiger partial charge in [0.05, 0.1) is 35.0 Å². The summed E-state index contributed by atoms with van der Waals surface area (Å²) in [6.45, 7) is 8.79. The number of fused-ring (bicyclic) bond motifs is 2. The largest absolute Gasteiger partial charge is 0.507 e. The van der Waals surface area contributed by atoms with Crippen LogP contribution >= 0.6 is 11.3 Å². The maximum Gasteiger partial charge on any atom is 0.301 e. The van der Waals surface area contributed by atoms with Crippen molar-refractivity contribution < 1.29 is 28.9 Å². The van der Waals surface area contributed by atoms with Gasteiger partial charge in [-0.05, 0) is 86.3 Å². The average molecular weight is 585 g/mol. The van der Waals surface area contributed by atoms with Crippen LogP contribution in [0.25, 0.3) is 16.0 Å². The number of aliphatic hydroxyl groups excluding tert-OH is 1. The lowest BCUT2D eigenvalue weighted by molar-refractivity contribution is -0.132. The number of hydrogen-bond acceptors (Lipinski definition) is 8.